The van der Waals surface area contributed by atoms with Crippen molar-refractivity contribution in [3.05, 3.63) is 45.7 Å². The number of aliphatic imine (C=N–C) groups is 1. The summed E-state index contributed by atoms with van der Waals surface area (Å²) in [6.45, 7) is 9.17. The van der Waals surface area contributed by atoms with Gasteiger partial charge >= 0.3 is 0 Å². The highest BCUT2D eigenvalue weighted by Crippen LogP contribution is 2.17. The predicted octanol–water partition coefficient (Wildman–Crippen LogP) is 3.48. The summed E-state index contributed by atoms with van der Waals surface area (Å²) < 4.78 is 13.3. The quantitative estimate of drug-likeness (QED) is 0.420. The lowest BCUT2D eigenvalue weighted by molar-refractivity contribution is 0.626. The molecule has 1 aromatic heterocycles. The zero-order valence-electron chi connectivity index (χ0n) is 16.0. The van der Waals surface area contributed by atoms with Crippen LogP contribution in [-0.4, -0.2) is 37.6 Å². The minimum absolute atomic E-state index is 0.207. The van der Waals surface area contributed by atoms with E-state index < -0.39 is 0 Å². The Morgan fingerprint density at radius 1 is 1.31 bits per heavy atom. The summed E-state index contributed by atoms with van der Waals surface area (Å²) in [5.74, 6) is 0.591. The molecule has 0 atom stereocenters. The highest BCUT2D eigenvalue weighted by atomic mass is 32.1. The van der Waals surface area contributed by atoms with Gasteiger partial charge in [-0.1, -0.05) is 6.07 Å². The summed E-state index contributed by atoms with van der Waals surface area (Å²) >= 11 is 1.69. The first-order valence-corrected chi connectivity index (χ1v) is 9.73. The molecule has 0 radical (unpaired) electrons. The van der Waals surface area contributed by atoms with Gasteiger partial charge in [0.25, 0.3) is 0 Å². The first-order valence-electron chi connectivity index (χ1n) is 8.91. The number of thiazole rings is 1. The molecule has 0 aliphatic heterocycles. The largest absolute Gasteiger partial charge is 0.374 e. The van der Waals surface area contributed by atoms with Crippen molar-refractivity contribution >= 4 is 23.0 Å². The summed E-state index contributed by atoms with van der Waals surface area (Å²) in [7, 11) is 1.97. The maximum atomic E-state index is 13.3. The highest BCUT2D eigenvalue weighted by molar-refractivity contribution is 7.11. The molecular weight excluding hydrogens is 349 g/mol. The molecule has 0 aliphatic carbocycles. The van der Waals surface area contributed by atoms with Gasteiger partial charge in [-0.25, -0.2) is 14.4 Å². The molecule has 2 rings (SSSR count). The van der Waals surface area contributed by atoms with E-state index >= 15 is 0 Å². The van der Waals surface area contributed by atoms with E-state index in [0.717, 1.165) is 48.4 Å². The fourth-order valence-corrected chi connectivity index (χ4v) is 3.32. The van der Waals surface area contributed by atoms with Crippen molar-refractivity contribution in [2.75, 3.05) is 31.6 Å². The van der Waals surface area contributed by atoms with E-state index in [1.807, 2.05) is 27.0 Å². The average Bonchev–Trinajstić information content (AvgIpc) is 2.94. The summed E-state index contributed by atoms with van der Waals surface area (Å²) in [6, 6.07) is 6.66. The van der Waals surface area contributed by atoms with E-state index in [-0.39, 0.29) is 5.82 Å². The Morgan fingerprint density at radius 3 is 2.77 bits per heavy atom. The third-order valence-electron chi connectivity index (χ3n) is 4.00. The van der Waals surface area contributed by atoms with Gasteiger partial charge in [0.2, 0.25) is 0 Å². The van der Waals surface area contributed by atoms with Gasteiger partial charge in [0.1, 0.15) is 10.8 Å². The van der Waals surface area contributed by atoms with E-state index in [0.29, 0.717) is 6.54 Å². The Bertz CT molecular complexity index is 709. The van der Waals surface area contributed by atoms with Crippen molar-refractivity contribution in [3.63, 3.8) is 0 Å². The Hall–Kier alpha value is -2.15. The number of guanidine groups is 1. The zero-order chi connectivity index (χ0) is 18.9. The molecule has 0 unspecified atom stereocenters. The second kappa shape index (κ2) is 10.1. The summed E-state index contributed by atoms with van der Waals surface area (Å²) in [5.41, 5.74) is 1.97. The van der Waals surface area contributed by atoms with Crippen LogP contribution in [0.1, 0.15) is 28.9 Å². The number of aromatic nitrogens is 1. The SMILES string of the molecule is CCNC(=NCc1nc(C)c(C)s1)NCCCN(C)c1cccc(F)c1. The number of halogens is 1. The lowest BCUT2D eigenvalue weighted by Crippen LogP contribution is -2.38. The summed E-state index contributed by atoms with van der Waals surface area (Å²) in [4.78, 5) is 12.4. The summed E-state index contributed by atoms with van der Waals surface area (Å²) in [6.07, 6.45) is 0.924. The van der Waals surface area contributed by atoms with Crippen molar-refractivity contribution in [3.8, 4) is 0 Å². The van der Waals surface area contributed by atoms with Crippen LogP contribution in [0.3, 0.4) is 0 Å². The lowest BCUT2D eigenvalue weighted by atomic mass is 10.2. The second-order valence-electron chi connectivity index (χ2n) is 6.13. The van der Waals surface area contributed by atoms with Crippen LogP contribution in [0, 0.1) is 19.7 Å². The van der Waals surface area contributed by atoms with Crippen LogP contribution in [-0.2, 0) is 6.54 Å². The predicted molar refractivity (Wildman–Crippen MR) is 109 cm³/mol. The van der Waals surface area contributed by atoms with Crippen LogP contribution < -0.4 is 15.5 Å². The molecule has 0 fully saturated rings. The highest BCUT2D eigenvalue weighted by Gasteiger charge is 2.05. The molecule has 142 valence electrons. The van der Waals surface area contributed by atoms with Crippen LogP contribution in [0.4, 0.5) is 10.1 Å². The monoisotopic (exact) mass is 377 g/mol. The fraction of sp³-hybridized carbons (Fsp3) is 0.474. The van der Waals surface area contributed by atoms with Gasteiger partial charge in [-0.15, -0.1) is 11.3 Å². The van der Waals surface area contributed by atoms with Gasteiger partial charge in [0, 0.05) is 37.2 Å². The Kier molecular flexibility index (Phi) is 7.84. The maximum Gasteiger partial charge on any atom is 0.191 e. The normalized spacial score (nSPS) is 11.5. The van der Waals surface area contributed by atoms with Gasteiger partial charge in [-0.05, 0) is 45.4 Å². The van der Waals surface area contributed by atoms with Crippen molar-refractivity contribution < 1.29 is 4.39 Å². The fourth-order valence-electron chi connectivity index (χ4n) is 2.46. The van der Waals surface area contributed by atoms with Crippen LogP contribution in [0.2, 0.25) is 0 Å². The molecule has 0 aliphatic rings. The maximum absolute atomic E-state index is 13.3. The molecule has 0 saturated heterocycles. The van der Waals surface area contributed by atoms with Crippen LogP contribution in [0.25, 0.3) is 0 Å². The van der Waals surface area contributed by atoms with Gasteiger partial charge in [-0.3, -0.25) is 0 Å². The van der Waals surface area contributed by atoms with Gasteiger partial charge in [0.05, 0.1) is 12.2 Å². The number of nitrogens with one attached hydrogen (secondary N) is 2. The first kappa shape index (κ1) is 20.2. The molecule has 2 N–H and O–H groups in total. The topological polar surface area (TPSA) is 52.6 Å². The van der Waals surface area contributed by atoms with E-state index in [1.165, 1.54) is 10.9 Å². The van der Waals surface area contributed by atoms with Crippen molar-refractivity contribution in [1.29, 1.82) is 0 Å². The number of hydrogen-bond donors (Lipinski definition) is 2. The van der Waals surface area contributed by atoms with Crippen molar-refractivity contribution in [1.82, 2.24) is 15.6 Å². The molecule has 0 spiro atoms. The number of aryl methyl sites for hydroxylation is 2. The summed E-state index contributed by atoms with van der Waals surface area (Å²) in [5, 5.41) is 7.63. The number of rotatable bonds is 8. The third kappa shape index (κ3) is 6.29. The molecule has 0 bridgehead atoms. The van der Waals surface area contributed by atoms with Gasteiger partial charge in [0.15, 0.2) is 5.96 Å². The number of benzene rings is 1. The van der Waals surface area contributed by atoms with E-state index in [9.17, 15) is 4.39 Å². The van der Waals surface area contributed by atoms with Crippen molar-refractivity contribution in [2.45, 2.75) is 33.7 Å². The second-order valence-corrected chi connectivity index (χ2v) is 7.41. The lowest BCUT2D eigenvalue weighted by Gasteiger charge is -2.19. The van der Waals surface area contributed by atoms with Crippen LogP contribution in [0.15, 0.2) is 29.3 Å². The Labute approximate surface area is 159 Å². The molecule has 2 aromatic rings. The van der Waals surface area contributed by atoms with Gasteiger partial charge < -0.3 is 15.5 Å². The number of nitrogens with zero attached hydrogens (tertiary/aromatic N) is 3. The van der Waals surface area contributed by atoms with E-state index in [2.05, 4.69) is 32.4 Å². The molecule has 26 heavy (non-hydrogen) atoms. The molecule has 1 aromatic carbocycles. The van der Waals surface area contributed by atoms with Crippen LogP contribution >= 0.6 is 11.3 Å². The molecule has 0 saturated carbocycles. The van der Waals surface area contributed by atoms with E-state index in [4.69, 9.17) is 0 Å². The molecule has 1 heterocycles. The number of anilines is 1. The smallest absolute Gasteiger partial charge is 0.191 e. The third-order valence-corrected chi connectivity index (χ3v) is 5.06. The molecule has 7 heteroatoms. The minimum atomic E-state index is -0.207. The van der Waals surface area contributed by atoms with Crippen molar-refractivity contribution in [2.24, 2.45) is 4.99 Å². The average molecular weight is 378 g/mol. The molecular formula is C19H28FN5S. The molecule has 0 amide bonds. The van der Waals surface area contributed by atoms with Crippen LogP contribution in [0.5, 0.6) is 0 Å². The minimum Gasteiger partial charge on any atom is -0.374 e. The first-order chi connectivity index (χ1) is 12.5. The van der Waals surface area contributed by atoms with E-state index in [1.54, 1.807) is 23.5 Å². The van der Waals surface area contributed by atoms with Gasteiger partial charge in [-0.2, -0.15) is 0 Å². The zero-order valence-corrected chi connectivity index (χ0v) is 16.8. The standard InChI is InChI=1S/C19H28FN5S/c1-5-21-19(23-13-18-24-14(2)15(3)26-18)22-10-7-11-25(4)17-9-6-8-16(20)12-17/h6,8-9,12H,5,7,10-11,13H2,1-4H3,(H2,21,22,23). The Morgan fingerprint density at radius 2 is 2.12 bits per heavy atom. The molecule has 5 nitrogen and oxygen atoms in total. The Balaban J connectivity index is 1.79. The number of hydrogen-bond acceptors (Lipinski definition) is 4.